The second-order valence-corrected chi connectivity index (χ2v) is 3.82. The Labute approximate surface area is 96.0 Å². The average Bonchev–Trinajstić information content (AvgIpc) is 2.20. The van der Waals surface area contributed by atoms with E-state index in [1.807, 2.05) is 6.08 Å². The maximum atomic E-state index is 10.7. The topological polar surface area (TPSA) is 74.6 Å². The fourth-order valence-electron chi connectivity index (χ4n) is 1.41. The monoisotopic (exact) mass is 228 g/mol. The number of unbranched alkanes of at least 4 members (excludes halogenated alkanes) is 2. The Kier molecular flexibility index (Phi) is 8.21. The molecule has 0 aliphatic heterocycles. The molecular formula is C12H20O4. The summed E-state index contributed by atoms with van der Waals surface area (Å²) in [5.41, 5.74) is 0. The third-order valence-electron chi connectivity index (χ3n) is 2.32. The lowest BCUT2D eigenvalue weighted by atomic mass is 9.98. The fraction of sp³-hybridized carbons (Fsp3) is 0.667. The Balaban J connectivity index is 3.76. The van der Waals surface area contributed by atoms with Crippen LogP contribution in [0.1, 0.15) is 45.4 Å². The molecule has 1 atom stereocenters. The van der Waals surface area contributed by atoms with Crippen molar-refractivity contribution < 1.29 is 19.8 Å². The van der Waals surface area contributed by atoms with Gasteiger partial charge in [-0.15, -0.1) is 0 Å². The molecule has 4 nitrogen and oxygen atoms in total. The molecule has 0 heterocycles. The fourth-order valence-corrected chi connectivity index (χ4v) is 1.41. The second-order valence-electron chi connectivity index (χ2n) is 3.82. The molecule has 0 aromatic rings. The summed E-state index contributed by atoms with van der Waals surface area (Å²) in [5, 5.41) is 17.3. The average molecular weight is 228 g/mol. The Bertz CT molecular complexity index is 245. The molecule has 2 N–H and O–H groups in total. The highest BCUT2D eigenvalue weighted by Gasteiger charge is 2.19. The van der Waals surface area contributed by atoms with Gasteiger partial charge in [-0.2, -0.15) is 0 Å². The first-order chi connectivity index (χ1) is 7.57. The number of carboxylic acids is 2. The van der Waals surface area contributed by atoms with Crippen LogP contribution < -0.4 is 0 Å². The van der Waals surface area contributed by atoms with Gasteiger partial charge in [0, 0.05) is 0 Å². The van der Waals surface area contributed by atoms with E-state index in [9.17, 15) is 9.59 Å². The van der Waals surface area contributed by atoms with E-state index in [1.54, 1.807) is 0 Å². The summed E-state index contributed by atoms with van der Waals surface area (Å²) in [6.07, 6.45) is 7.95. The van der Waals surface area contributed by atoms with Crippen LogP contribution in [0.4, 0.5) is 0 Å². The first kappa shape index (κ1) is 14.7. The van der Waals surface area contributed by atoms with Crippen LogP contribution >= 0.6 is 0 Å². The Morgan fingerprint density at radius 3 is 2.31 bits per heavy atom. The van der Waals surface area contributed by atoms with Crippen molar-refractivity contribution in [1.29, 1.82) is 0 Å². The van der Waals surface area contributed by atoms with Crippen LogP contribution in [0.15, 0.2) is 12.2 Å². The van der Waals surface area contributed by atoms with Crippen molar-refractivity contribution in [2.45, 2.75) is 45.4 Å². The molecule has 92 valence electrons. The molecule has 0 radical (unpaired) electrons. The van der Waals surface area contributed by atoms with Gasteiger partial charge in [0.2, 0.25) is 0 Å². The second kappa shape index (κ2) is 8.95. The summed E-state index contributed by atoms with van der Waals surface area (Å²) in [6, 6.07) is 0. The Morgan fingerprint density at radius 1 is 1.19 bits per heavy atom. The van der Waals surface area contributed by atoms with Crippen LogP contribution in [0.5, 0.6) is 0 Å². The third-order valence-corrected chi connectivity index (χ3v) is 2.32. The number of carboxylic acid groups (broad SMARTS) is 2. The number of allylic oxidation sites excluding steroid dienone is 2. The van der Waals surface area contributed by atoms with Crippen LogP contribution in [0.2, 0.25) is 0 Å². The largest absolute Gasteiger partial charge is 0.481 e. The van der Waals surface area contributed by atoms with Gasteiger partial charge in [-0.1, -0.05) is 25.5 Å². The van der Waals surface area contributed by atoms with Crippen molar-refractivity contribution in [3.8, 4) is 0 Å². The number of rotatable bonds is 9. The highest BCUT2D eigenvalue weighted by atomic mass is 16.4. The van der Waals surface area contributed by atoms with Gasteiger partial charge in [0.25, 0.3) is 0 Å². The lowest BCUT2D eigenvalue weighted by molar-refractivity contribution is -0.148. The van der Waals surface area contributed by atoms with Crippen molar-refractivity contribution in [3.63, 3.8) is 0 Å². The summed E-state index contributed by atoms with van der Waals surface area (Å²) in [7, 11) is 0. The summed E-state index contributed by atoms with van der Waals surface area (Å²) >= 11 is 0. The van der Waals surface area contributed by atoms with Crippen molar-refractivity contribution in [1.82, 2.24) is 0 Å². The quantitative estimate of drug-likeness (QED) is 0.470. The molecule has 0 fully saturated rings. The molecule has 16 heavy (non-hydrogen) atoms. The number of hydrogen-bond acceptors (Lipinski definition) is 2. The molecule has 0 rings (SSSR count). The number of carbonyl (C=O) groups is 2. The third kappa shape index (κ3) is 8.03. The zero-order chi connectivity index (χ0) is 12.4. The van der Waals surface area contributed by atoms with E-state index in [1.165, 1.54) is 0 Å². The van der Waals surface area contributed by atoms with Gasteiger partial charge in [-0.3, -0.25) is 9.59 Å². The predicted molar refractivity (Wildman–Crippen MR) is 61.3 cm³/mol. The normalized spacial score (nSPS) is 12.8. The van der Waals surface area contributed by atoms with E-state index in [0.717, 1.165) is 25.7 Å². The Hall–Kier alpha value is -1.32. The molecule has 0 saturated heterocycles. The molecule has 0 aromatic heterocycles. The molecule has 0 spiro atoms. The molecule has 0 aliphatic rings. The van der Waals surface area contributed by atoms with Gasteiger partial charge in [-0.05, 0) is 25.7 Å². The van der Waals surface area contributed by atoms with Crippen molar-refractivity contribution >= 4 is 11.9 Å². The van der Waals surface area contributed by atoms with Crippen molar-refractivity contribution in [2.75, 3.05) is 0 Å². The molecule has 0 aromatic carbocycles. The molecular weight excluding hydrogens is 208 g/mol. The van der Waals surface area contributed by atoms with Gasteiger partial charge in [0.05, 0.1) is 12.3 Å². The maximum Gasteiger partial charge on any atom is 0.307 e. The molecule has 0 aliphatic carbocycles. The summed E-state index contributed by atoms with van der Waals surface area (Å²) in [4.78, 5) is 21.1. The van der Waals surface area contributed by atoms with Crippen LogP contribution in [0.25, 0.3) is 0 Å². The highest BCUT2D eigenvalue weighted by molar-refractivity contribution is 5.77. The zero-order valence-electron chi connectivity index (χ0n) is 9.69. The van der Waals surface area contributed by atoms with E-state index >= 15 is 0 Å². The summed E-state index contributed by atoms with van der Waals surface area (Å²) in [6.45, 7) is 2.09. The van der Waals surface area contributed by atoms with E-state index < -0.39 is 17.9 Å². The molecule has 0 bridgehead atoms. The number of aliphatic carboxylic acids is 2. The van der Waals surface area contributed by atoms with Crippen LogP contribution in [-0.2, 0) is 9.59 Å². The molecule has 4 heteroatoms. The lowest BCUT2D eigenvalue weighted by Gasteiger charge is -2.07. The lowest BCUT2D eigenvalue weighted by Crippen LogP contribution is -2.17. The zero-order valence-corrected chi connectivity index (χ0v) is 9.69. The minimum absolute atomic E-state index is 0.284. The van der Waals surface area contributed by atoms with Crippen LogP contribution in [-0.4, -0.2) is 22.2 Å². The molecule has 0 saturated carbocycles. The standard InChI is InChI=1S/C12H20O4/c1-2-3-4-5-6-7-8-10(12(15)16)9-11(13)14/h4-5,10H,2-3,6-9H2,1H3,(H,13,14)(H,15,16). The van der Waals surface area contributed by atoms with Gasteiger partial charge in [-0.25, -0.2) is 0 Å². The first-order valence-corrected chi connectivity index (χ1v) is 5.67. The SMILES string of the molecule is CCCC=CCCCC(CC(=O)O)C(=O)O. The molecule has 0 amide bonds. The van der Waals surface area contributed by atoms with E-state index in [-0.39, 0.29) is 6.42 Å². The van der Waals surface area contributed by atoms with Crippen LogP contribution in [0.3, 0.4) is 0 Å². The summed E-state index contributed by atoms with van der Waals surface area (Å²) in [5.74, 6) is -2.81. The maximum absolute atomic E-state index is 10.7. The van der Waals surface area contributed by atoms with Gasteiger partial charge >= 0.3 is 11.9 Å². The predicted octanol–water partition coefficient (Wildman–Crippen LogP) is 2.69. The Morgan fingerprint density at radius 2 is 1.81 bits per heavy atom. The number of hydrogen-bond donors (Lipinski definition) is 2. The van der Waals surface area contributed by atoms with Gasteiger partial charge < -0.3 is 10.2 Å². The van der Waals surface area contributed by atoms with E-state index in [4.69, 9.17) is 10.2 Å². The summed E-state index contributed by atoms with van der Waals surface area (Å²) < 4.78 is 0. The minimum atomic E-state index is -1.05. The van der Waals surface area contributed by atoms with E-state index in [0.29, 0.717) is 6.42 Å². The van der Waals surface area contributed by atoms with E-state index in [2.05, 4.69) is 13.0 Å². The van der Waals surface area contributed by atoms with Crippen molar-refractivity contribution in [2.24, 2.45) is 5.92 Å². The highest BCUT2D eigenvalue weighted by Crippen LogP contribution is 2.13. The van der Waals surface area contributed by atoms with Gasteiger partial charge in [0.1, 0.15) is 0 Å². The first-order valence-electron chi connectivity index (χ1n) is 5.67. The van der Waals surface area contributed by atoms with Crippen molar-refractivity contribution in [3.05, 3.63) is 12.2 Å². The minimum Gasteiger partial charge on any atom is -0.481 e. The molecule has 1 unspecified atom stereocenters. The van der Waals surface area contributed by atoms with Gasteiger partial charge in [0.15, 0.2) is 0 Å². The van der Waals surface area contributed by atoms with Crippen LogP contribution in [0, 0.1) is 5.92 Å². The smallest absolute Gasteiger partial charge is 0.307 e.